The smallest absolute Gasteiger partial charge is 0.0219 e. The molecule has 0 aliphatic rings. The van der Waals surface area contributed by atoms with Gasteiger partial charge in [0.1, 0.15) is 0 Å². The molecule has 0 bridgehead atoms. The van der Waals surface area contributed by atoms with E-state index < -0.39 is 0 Å². The van der Waals surface area contributed by atoms with Gasteiger partial charge in [-0.25, -0.2) is 0 Å². The largest absolute Gasteiger partial charge is 0.354 e. The summed E-state index contributed by atoms with van der Waals surface area (Å²) in [5, 5.41) is 0. The molecule has 0 spiro atoms. The van der Waals surface area contributed by atoms with Crippen molar-refractivity contribution in [3.05, 3.63) is 24.5 Å². The summed E-state index contributed by atoms with van der Waals surface area (Å²) in [6.07, 6.45) is 39.4. The van der Waals surface area contributed by atoms with E-state index in [2.05, 4.69) is 36.0 Å². The molecule has 1 aromatic heterocycles. The summed E-state index contributed by atoms with van der Waals surface area (Å²) >= 11 is 0. The van der Waals surface area contributed by atoms with Gasteiger partial charge in [0.05, 0.1) is 0 Å². The fourth-order valence-corrected chi connectivity index (χ4v) is 4.78. The van der Waals surface area contributed by atoms with Crippen LogP contribution in [0.25, 0.3) is 0 Å². The molecule has 1 heterocycles. The highest BCUT2D eigenvalue weighted by atomic mass is 14.9. The zero-order valence-electron chi connectivity index (χ0n) is 21.4. The first-order valence-electron chi connectivity index (χ1n) is 14.5. The number of aryl methyl sites for hydroxylation is 1. The number of hydrogen-bond acceptors (Lipinski definition) is 0. The number of rotatable bonds is 25. The predicted molar refractivity (Wildman–Crippen MR) is 141 cm³/mol. The maximum atomic E-state index is 2.30. The molecule has 0 aliphatic carbocycles. The van der Waals surface area contributed by atoms with Gasteiger partial charge in [0, 0.05) is 18.9 Å². The summed E-state index contributed by atoms with van der Waals surface area (Å²) in [7, 11) is 0. The van der Waals surface area contributed by atoms with E-state index in [0.717, 1.165) is 0 Å². The van der Waals surface area contributed by atoms with E-state index in [4.69, 9.17) is 0 Å². The Kier molecular flexibility index (Phi) is 21.9. The third kappa shape index (κ3) is 20.9. The molecular formula is C30H57N. The lowest BCUT2D eigenvalue weighted by atomic mass is 10.0. The third-order valence-electron chi connectivity index (χ3n) is 6.94. The van der Waals surface area contributed by atoms with Crippen LogP contribution in [0.3, 0.4) is 0 Å². The van der Waals surface area contributed by atoms with Crippen molar-refractivity contribution in [2.75, 3.05) is 0 Å². The standard InChI is InChI=1S/C30H57N/c1-2-3-4-5-6-7-8-9-10-11-12-13-14-15-16-17-18-19-20-21-22-23-24-25-28-31-29-26-27-30-31/h26-27,29-30H,2-25,28H2,1H3. The van der Waals surface area contributed by atoms with Crippen molar-refractivity contribution in [1.29, 1.82) is 0 Å². The Morgan fingerprint density at radius 2 is 0.613 bits per heavy atom. The second-order valence-electron chi connectivity index (χ2n) is 10.1. The third-order valence-corrected chi connectivity index (χ3v) is 6.94. The Bertz CT molecular complexity index is 422. The summed E-state index contributed by atoms with van der Waals surface area (Å²) in [6, 6.07) is 4.25. The van der Waals surface area contributed by atoms with Crippen LogP contribution in [0.15, 0.2) is 24.5 Å². The van der Waals surface area contributed by atoms with Gasteiger partial charge in [-0.15, -0.1) is 0 Å². The number of unbranched alkanes of at least 4 members (excludes halogenated alkanes) is 23. The van der Waals surface area contributed by atoms with Crippen molar-refractivity contribution in [2.45, 2.75) is 168 Å². The van der Waals surface area contributed by atoms with Crippen LogP contribution in [-0.2, 0) is 6.54 Å². The van der Waals surface area contributed by atoms with Crippen molar-refractivity contribution in [3.8, 4) is 0 Å². The van der Waals surface area contributed by atoms with Gasteiger partial charge in [-0.2, -0.15) is 0 Å². The van der Waals surface area contributed by atoms with Crippen molar-refractivity contribution in [1.82, 2.24) is 4.57 Å². The molecule has 0 aromatic carbocycles. The van der Waals surface area contributed by atoms with Crippen LogP contribution in [0.2, 0.25) is 0 Å². The van der Waals surface area contributed by atoms with Gasteiger partial charge in [-0.1, -0.05) is 155 Å². The van der Waals surface area contributed by atoms with Gasteiger partial charge in [0.2, 0.25) is 0 Å². The average molecular weight is 432 g/mol. The molecule has 1 rings (SSSR count). The molecule has 0 unspecified atom stereocenters. The fraction of sp³-hybridized carbons (Fsp3) is 0.867. The summed E-state index contributed by atoms with van der Waals surface area (Å²) in [4.78, 5) is 0. The predicted octanol–water partition coefficient (Wildman–Crippen LogP) is 10.9. The van der Waals surface area contributed by atoms with Crippen molar-refractivity contribution in [3.63, 3.8) is 0 Å². The minimum Gasteiger partial charge on any atom is -0.354 e. The van der Waals surface area contributed by atoms with Gasteiger partial charge in [-0.3, -0.25) is 0 Å². The molecule has 0 saturated heterocycles. The first kappa shape index (κ1) is 28.3. The minimum atomic E-state index is 1.20. The second kappa shape index (κ2) is 23.9. The molecular weight excluding hydrogens is 374 g/mol. The maximum absolute atomic E-state index is 2.30. The maximum Gasteiger partial charge on any atom is 0.0219 e. The monoisotopic (exact) mass is 431 g/mol. The molecule has 0 atom stereocenters. The first-order chi connectivity index (χ1) is 15.4. The van der Waals surface area contributed by atoms with Crippen LogP contribution in [-0.4, -0.2) is 4.57 Å². The number of aromatic nitrogens is 1. The lowest BCUT2D eigenvalue weighted by Gasteiger charge is -2.05. The lowest BCUT2D eigenvalue weighted by molar-refractivity contribution is 0.513. The van der Waals surface area contributed by atoms with Crippen molar-refractivity contribution < 1.29 is 0 Å². The van der Waals surface area contributed by atoms with E-state index in [0.29, 0.717) is 0 Å². The molecule has 1 aromatic rings. The average Bonchev–Trinajstić information content (AvgIpc) is 3.30. The number of hydrogen-bond donors (Lipinski definition) is 0. The molecule has 0 saturated carbocycles. The molecule has 1 heteroatoms. The minimum absolute atomic E-state index is 1.20. The van der Waals surface area contributed by atoms with Crippen LogP contribution < -0.4 is 0 Å². The Morgan fingerprint density at radius 3 is 0.903 bits per heavy atom. The Labute approximate surface area is 196 Å². The molecule has 1 nitrogen and oxygen atoms in total. The summed E-state index contributed by atoms with van der Waals surface area (Å²) in [6.45, 7) is 3.50. The van der Waals surface area contributed by atoms with Gasteiger partial charge < -0.3 is 4.57 Å². The van der Waals surface area contributed by atoms with E-state index in [1.54, 1.807) is 0 Å². The van der Waals surface area contributed by atoms with E-state index in [1.165, 1.54) is 161 Å². The van der Waals surface area contributed by atoms with Crippen LogP contribution >= 0.6 is 0 Å². The molecule has 182 valence electrons. The highest BCUT2D eigenvalue weighted by Crippen LogP contribution is 2.15. The second-order valence-corrected chi connectivity index (χ2v) is 10.1. The van der Waals surface area contributed by atoms with Gasteiger partial charge in [0.15, 0.2) is 0 Å². The fourth-order valence-electron chi connectivity index (χ4n) is 4.78. The van der Waals surface area contributed by atoms with E-state index >= 15 is 0 Å². The van der Waals surface area contributed by atoms with Gasteiger partial charge in [0.25, 0.3) is 0 Å². The van der Waals surface area contributed by atoms with Crippen molar-refractivity contribution in [2.24, 2.45) is 0 Å². The highest BCUT2D eigenvalue weighted by molar-refractivity contribution is 4.89. The Balaban J connectivity index is 1.62. The lowest BCUT2D eigenvalue weighted by Crippen LogP contribution is -1.93. The number of nitrogens with zero attached hydrogens (tertiary/aromatic N) is 1. The molecule has 0 radical (unpaired) electrons. The van der Waals surface area contributed by atoms with Crippen LogP contribution in [0, 0.1) is 0 Å². The normalized spacial score (nSPS) is 11.4. The first-order valence-corrected chi connectivity index (χ1v) is 14.5. The van der Waals surface area contributed by atoms with E-state index in [9.17, 15) is 0 Å². The molecule has 31 heavy (non-hydrogen) atoms. The zero-order chi connectivity index (χ0) is 22.1. The summed E-state index contributed by atoms with van der Waals surface area (Å²) in [5.74, 6) is 0. The zero-order valence-corrected chi connectivity index (χ0v) is 21.4. The highest BCUT2D eigenvalue weighted by Gasteiger charge is 1.96. The van der Waals surface area contributed by atoms with Gasteiger partial charge in [-0.05, 0) is 18.6 Å². The van der Waals surface area contributed by atoms with E-state index in [-0.39, 0.29) is 0 Å². The SMILES string of the molecule is CCCCCCCCCCCCCCCCCCCCCCCCCCn1cccc1. The molecule has 0 N–H and O–H groups in total. The van der Waals surface area contributed by atoms with Gasteiger partial charge >= 0.3 is 0 Å². The topological polar surface area (TPSA) is 4.93 Å². The molecule has 0 amide bonds. The van der Waals surface area contributed by atoms with Crippen molar-refractivity contribution >= 4 is 0 Å². The molecule has 0 aliphatic heterocycles. The Morgan fingerprint density at radius 1 is 0.355 bits per heavy atom. The molecule has 0 fully saturated rings. The summed E-state index contributed by atoms with van der Waals surface area (Å²) < 4.78 is 2.30. The Hall–Kier alpha value is -0.720. The van der Waals surface area contributed by atoms with E-state index in [1.807, 2.05) is 0 Å². The quantitative estimate of drug-likeness (QED) is 0.136. The van der Waals surface area contributed by atoms with Crippen LogP contribution in [0.1, 0.15) is 161 Å². The van der Waals surface area contributed by atoms with Crippen LogP contribution in [0.5, 0.6) is 0 Å². The van der Waals surface area contributed by atoms with Crippen LogP contribution in [0.4, 0.5) is 0 Å². The summed E-state index contributed by atoms with van der Waals surface area (Å²) in [5.41, 5.74) is 0.